The molecule has 2 nitrogen and oxygen atoms in total. The lowest BCUT2D eigenvalue weighted by molar-refractivity contribution is 0.0773. The highest BCUT2D eigenvalue weighted by molar-refractivity contribution is 5.94. The van der Waals surface area contributed by atoms with E-state index in [4.69, 9.17) is 0 Å². The van der Waals surface area contributed by atoms with E-state index < -0.39 is 0 Å². The molecule has 1 aliphatic carbocycles. The third-order valence-electron chi connectivity index (χ3n) is 5.14. The molecule has 2 unspecified atom stereocenters. The Morgan fingerprint density at radius 2 is 1.39 bits per heavy atom. The van der Waals surface area contributed by atoms with Crippen LogP contribution in [0.4, 0.5) is 0 Å². The summed E-state index contributed by atoms with van der Waals surface area (Å²) in [6, 6.07) is 19.1. The molecule has 0 aliphatic heterocycles. The molecule has 3 rings (SSSR count). The van der Waals surface area contributed by atoms with Gasteiger partial charge >= 0.3 is 0 Å². The Hall–Kier alpha value is -2.09. The van der Waals surface area contributed by atoms with Gasteiger partial charge in [-0.1, -0.05) is 42.5 Å². The molecule has 2 aromatic rings. The molecule has 2 atom stereocenters. The zero-order valence-electron chi connectivity index (χ0n) is 14.0. The fourth-order valence-electron chi connectivity index (χ4n) is 3.56. The fourth-order valence-corrected chi connectivity index (χ4v) is 3.56. The van der Waals surface area contributed by atoms with E-state index in [1.165, 1.54) is 24.0 Å². The number of carbonyl (C=O) groups is 1. The molecule has 2 aromatic carbocycles. The van der Waals surface area contributed by atoms with Gasteiger partial charge in [0.15, 0.2) is 0 Å². The van der Waals surface area contributed by atoms with Crippen LogP contribution in [-0.4, -0.2) is 23.9 Å². The fraction of sp³-hybridized carbons (Fsp3) is 0.381. The first kappa shape index (κ1) is 15.8. The topological polar surface area (TPSA) is 20.3 Å². The lowest BCUT2D eigenvalue weighted by Gasteiger charge is -2.37. The smallest absolute Gasteiger partial charge is 0.253 e. The molecule has 0 aromatic heterocycles. The monoisotopic (exact) mass is 307 g/mol. The van der Waals surface area contributed by atoms with Crippen molar-refractivity contribution in [1.82, 2.24) is 4.90 Å². The predicted molar refractivity (Wildman–Crippen MR) is 94.9 cm³/mol. The Balaban J connectivity index is 1.74. The van der Waals surface area contributed by atoms with Crippen molar-refractivity contribution in [3.05, 3.63) is 71.3 Å². The van der Waals surface area contributed by atoms with Gasteiger partial charge in [0.25, 0.3) is 5.91 Å². The molecule has 0 N–H and O–H groups in total. The maximum absolute atomic E-state index is 12.4. The van der Waals surface area contributed by atoms with E-state index in [2.05, 4.69) is 42.5 Å². The van der Waals surface area contributed by atoms with E-state index in [1.807, 2.05) is 30.9 Å². The summed E-state index contributed by atoms with van der Waals surface area (Å²) in [7, 11) is 0. The van der Waals surface area contributed by atoms with Crippen LogP contribution >= 0.6 is 0 Å². The van der Waals surface area contributed by atoms with Gasteiger partial charge in [-0.05, 0) is 61.8 Å². The molecule has 1 saturated carbocycles. The van der Waals surface area contributed by atoms with Crippen molar-refractivity contribution in [3.8, 4) is 0 Å². The summed E-state index contributed by atoms with van der Waals surface area (Å²) >= 11 is 0. The van der Waals surface area contributed by atoms with Crippen molar-refractivity contribution in [1.29, 1.82) is 0 Å². The Kier molecular flexibility index (Phi) is 4.80. The van der Waals surface area contributed by atoms with Gasteiger partial charge in [-0.3, -0.25) is 4.79 Å². The number of benzene rings is 2. The van der Waals surface area contributed by atoms with E-state index in [0.717, 1.165) is 18.7 Å². The van der Waals surface area contributed by atoms with Crippen LogP contribution in [0.15, 0.2) is 54.6 Å². The molecule has 1 amide bonds. The molecule has 1 fully saturated rings. The zero-order chi connectivity index (χ0) is 16.2. The number of hydrogen-bond donors (Lipinski definition) is 0. The Bertz CT molecular complexity index is 643. The summed E-state index contributed by atoms with van der Waals surface area (Å²) in [6.07, 6.45) is 2.50. The highest BCUT2D eigenvalue weighted by Crippen LogP contribution is 2.48. The standard InChI is InChI=1S/C21H25NO/c1-3-22(4-2)21(23)18-12-10-17(11-13-18)20-15-14-19(20)16-8-6-5-7-9-16/h5-13,19-20H,3-4,14-15H2,1-2H3. The van der Waals surface area contributed by atoms with Crippen LogP contribution in [-0.2, 0) is 0 Å². The highest BCUT2D eigenvalue weighted by atomic mass is 16.2. The molecule has 0 heterocycles. The first-order valence-electron chi connectivity index (χ1n) is 8.68. The van der Waals surface area contributed by atoms with Crippen molar-refractivity contribution < 1.29 is 4.79 Å². The molecule has 0 spiro atoms. The molecule has 0 bridgehead atoms. The average Bonchev–Trinajstić information content (AvgIpc) is 2.56. The van der Waals surface area contributed by atoms with Gasteiger partial charge in [0.2, 0.25) is 0 Å². The summed E-state index contributed by atoms with van der Waals surface area (Å²) in [5, 5.41) is 0. The maximum atomic E-state index is 12.4. The van der Waals surface area contributed by atoms with Gasteiger partial charge in [0.05, 0.1) is 0 Å². The third-order valence-corrected chi connectivity index (χ3v) is 5.14. The summed E-state index contributed by atoms with van der Waals surface area (Å²) in [6.45, 7) is 5.56. The SMILES string of the molecule is CCN(CC)C(=O)c1ccc(C2CCC2c2ccccc2)cc1. The van der Waals surface area contributed by atoms with E-state index in [1.54, 1.807) is 0 Å². The van der Waals surface area contributed by atoms with Crippen molar-refractivity contribution in [2.45, 2.75) is 38.5 Å². The normalized spacial score (nSPS) is 19.9. The first-order valence-corrected chi connectivity index (χ1v) is 8.68. The van der Waals surface area contributed by atoms with Gasteiger partial charge < -0.3 is 4.90 Å². The first-order chi connectivity index (χ1) is 11.2. The minimum absolute atomic E-state index is 0.134. The molecule has 23 heavy (non-hydrogen) atoms. The summed E-state index contributed by atoms with van der Waals surface area (Å²) in [5.41, 5.74) is 3.60. The second kappa shape index (κ2) is 6.99. The Morgan fingerprint density at radius 3 is 1.87 bits per heavy atom. The molecular weight excluding hydrogens is 282 g/mol. The van der Waals surface area contributed by atoms with E-state index in [9.17, 15) is 4.79 Å². The molecule has 1 aliphatic rings. The lowest BCUT2D eigenvalue weighted by atomic mass is 9.67. The van der Waals surface area contributed by atoms with Crippen LogP contribution in [0.2, 0.25) is 0 Å². The molecule has 120 valence electrons. The van der Waals surface area contributed by atoms with E-state index in [-0.39, 0.29) is 5.91 Å². The third kappa shape index (κ3) is 3.17. The Morgan fingerprint density at radius 1 is 0.870 bits per heavy atom. The number of carbonyl (C=O) groups excluding carboxylic acids is 1. The molecular formula is C21H25NO. The van der Waals surface area contributed by atoms with Crippen molar-refractivity contribution in [2.24, 2.45) is 0 Å². The van der Waals surface area contributed by atoms with Crippen molar-refractivity contribution in [2.75, 3.05) is 13.1 Å². The number of hydrogen-bond acceptors (Lipinski definition) is 1. The molecule has 0 radical (unpaired) electrons. The van der Waals surface area contributed by atoms with Crippen LogP contribution in [0.3, 0.4) is 0 Å². The maximum Gasteiger partial charge on any atom is 0.253 e. The summed E-state index contributed by atoms with van der Waals surface area (Å²) in [4.78, 5) is 14.2. The van der Waals surface area contributed by atoms with E-state index in [0.29, 0.717) is 11.8 Å². The number of amides is 1. The molecule has 2 heteroatoms. The van der Waals surface area contributed by atoms with Crippen LogP contribution < -0.4 is 0 Å². The van der Waals surface area contributed by atoms with Gasteiger partial charge in [-0.15, -0.1) is 0 Å². The van der Waals surface area contributed by atoms with Gasteiger partial charge in [0, 0.05) is 18.7 Å². The Labute approximate surface area is 139 Å². The quantitative estimate of drug-likeness (QED) is 0.774. The van der Waals surface area contributed by atoms with Crippen LogP contribution in [0.25, 0.3) is 0 Å². The van der Waals surface area contributed by atoms with Crippen molar-refractivity contribution in [3.63, 3.8) is 0 Å². The minimum atomic E-state index is 0.134. The predicted octanol–water partition coefficient (Wildman–Crippen LogP) is 4.83. The van der Waals surface area contributed by atoms with Crippen LogP contribution in [0.1, 0.15) is 60.0 Å². The summed E-state index contributed by atoms with van der Waals surface area (Å²) < 4.78 is 0. The lowest BCUT2D eigenvalue weighted by Crippen LogP contribution is -2.30. The van der Waals surface area contributed by atoms with Gasteiger partial charge in [-0.2, -0.15) is 0 Å². The second-order valence-electron chi connectivity index (χ2n) is 6.30. The van der Waals surface area contributed by atoms with E-state index >= 15 is 0 Å². The number of nitrogens with zero attached hydrogens (tertiary/aromatic N) is 1. The summed E-state index contributed by atoms with van der Waals surface area (Å²) in [5.74, 6) is 1.35. The molecule has 0 saturated heterocycles. The van der Waals surface area contributed by atoms with Crippen LogP contribution in [0, 0.1) is 0 Å². The van der Waals surface area contributed by atoms with Crippen molar-refractivity contribution >= 4 is 5.91 Å². The average molecular weight is 307 g/mol. The number of rotatable bonds is 5. The van der Waals surface area contributed by atoms with Gasteiger partial charge in [0.1, 0.15) is 0 Å². The highest BCUT2D eigenvalue weighted by Gasteiger charge is 2.33. The van der Waals surface area contributed by atoms with Gasteiger partial charge in [-0.25, -0.2) is 0 Å². The largest absolute Gasteiger partial charge is 0.339 e. The minimum Gasteiger partial charge on any atom is -0.339 e. The zero-order valence-corrected chi connectivity index (χ0v) is 14.0. The second-order valence-corrected chi connectivity index (χ2v) is 6.30. The van der Waals surface area contributed by atoms with Crippen LogP contribution in [0.5, 0.6) is 0 Å².